The summed E-state index contributed by atoms with van der Waals surface area (Å²) < 4.78 is 58.2. The summed E-state index contributed by atoms with van der Waals surface area (Å²) in [6, 6.07) is 2.17. The summed E-state index contributed by atoms with van der Waals surface area (Å²) in [7, 11) is 1.47. The number of cyclic esters (lactones) is 1. The van der Waals surface area contributed by atoms with Gasteiger partial charge in [0.05, 0.1) is 36.8 Å². The lowest BCUT2D eigenvalue weighted by atomic mass is 10.00. The number of furan rings is 1. The number of likely N-dealkylation sites (tertiary alicyclic amines) is 1. The van der Waals surface area contributed by atoms with Gasteiger partial charge in [-0.1, -0.05) is 11.6 Å². The topological polar surface area (TPSA) is 89.5 Å². The third-order valence-electron chi connectivity index (χ3n) is 6.33. The fourth-order valence-corrected chi connectivity index (χ4v) is 4.83. The minimum Gasteiger partial charge on any atom is -0.472 e. The Morgan fingerprint density at radius 3 is 2.71 bits per heavy atom. The molecule has 35 heavy (non-hydrogen) atoms. The van der Waals surface area contributed by atoms with Gasteiger partial charge in [0, 0.05) is 37.5 Å². The van der Waals surface area contributed by atoms with Crippen LogP contribution in [-0.4, -0.2) is 76.7 Å². The van der Waals surface area contributed by atoms with Crippen molar-refractivity contribution < 1.29 is 36.7 Å². The monoisotopic (exact) mass is 512 g/mol. The van der Waals surface area contributed by atoms with E-state index >= 15 is 0 Å². The van der Waals surface area contributed by atoms with Gasteiger partial charge in [-0.3, -0.25) is 14.1 Å². The molecule has 3 aromatic heterocycles. The van der Waals surface area contributed by atoms with Gasteiger partial charge >= 0.3 is 12.3 Å². The normalized spacial score (nSPS) is 21.1. The number of ether oxygens (including phenoxy) is 2. The fourth-order valence-electron chi connectivity index (χ4n) is 4.58. The molecule has 2 amide bonds. The smallest absolute Gasteiger partial charge is 0.420 e. The first-order valence-electron chi connectivity index (χ1n) is 10.8. The molecule has 0 N–H and O–H groups in total. The van der Waals surface area contributed by atoms with Crippen LogP contribution in [0.3, 0.4) is 0 Å². The van der Waals surface area contributed by atoms with E-state index in [2.05, 4.69) is 4.98 Å². The fraction of sp³-hybridized carbons (Fsp3) is 0.409. The van der Waals surface area contributed by atoms with Crippen molar-refractivity contribution in [2.24, 2.45) is 0 Å². The van der Waals surface area contributed by atoms with E-state index in [4.69, 9.17) is 25.5 Å². The number of halogens is 4. The second-order valence-corrected chi connectivity index (χ2v) is 8.64. The van der Waals surface area contributed by atoms with E-state index in [1.807, 2.05) is 0 Å². The molecule has 3 aromatic rings. The Morgan fingerprint density at radius 2 is 2.09 bits per heavy atom. The molecule has 0 aromatic carbocycles. The van der Waals surface area contributed by atoms with Gasteiger partial charge < -0.3 is 18.8 Å². The Morgan fingerprint density at radius 1 is 1.29 bits per heavy atom. The Kier molecular flexibility index (Phi) is 5.88. The molecule has 5 heterocycles. The van der Waals surface area contributed by atoms with Gasteiger partial charge in [0.1, 0.15) is 11.8 Å². The van der Waals surface area contributed by atoms with Gasteiger partial charge in [-0.05, 0) is 18.6 Å². The quantitative estimate of drug-likeness (QED) is 0.526. The lowest BCUT2D eigenvalue weighted by Crippen LogP contribution is -2.56. The molecule has 2 atom stereocenters. The second kappa shape index (κ2) is 8.76. The Bertz CT molecular complexity index is 1280. The zero-order valence-electron chi connectivity index (χ0n) is 18.4. The molecule has 186 valence electrons. The van der Waals surface area contributed by atoms with Crippen molar-refractivity contribution in [1.82, 2.24) is 19.2 Å². The molecule has 2 fully saturated rings. The van der Waals surface area contributed by atoms with E-state index in [-0.39, 0.29) is 42.1 Å². The van der Waals surface area contributed by atoms with Crippen molar-refractivity contribution in [3.05, 3.63) is 47.3 Å². The number of nitrogens with zero attached hydrogens (tertiary/aromatic N) is 4. The van der Waals surface area contributed by atoms with E-state index in [0.717, 1.165) is 10.5 Å². The standard InChI is InChI=1S/C22H20ClF3N4O5/c1-33-16-10-28(4-2-15(16)29-5-7-35-21(29)32)20(31)17-18(23)30-9-13(12-3-6-34-11-12)8-14(19(30)27-17)22(24,25)26/h3,6,8-9,11,15-16H,2,4-5,7,10H2,1H3. The van der Waals surface area contributed by atoms with Gasteiger partial charge in [0.25, 0.3) is 5.91 Å². The van der Waals surface area contributed by atoms with Crippen LogP contribution in [0.25, 0.3) is 16.8 Å². The molecule has 0 spiro atoms. The average Bonchev–Trinajstić information content (AvgIpc) is 3.58. The predicted molar refractivity (Wildman–Crippen MR) is 116 cm³/mol. The lowest BCUT2D eigenvalue weighted by Gasteiger charge is -2.40. The van der Waals surface area contributed by atoms with Crippen LogP contribution < -0.4 is 0 Å². The molecule has 2 aliphatic rings. The maximum absolute atomic E-state index is 13.9. The minimum absolute atomic E-state index is 0.111. The molecule has 9 nitrogen and oxygen atoms in total. The highest BCUT2D eigenvalue weighted by Crippen LogP contribution is 2.37. The molecule has 5 rings (SSSR count). The molecule has 0 bridgehead atoms. The van der Waals surface area contributed by atoms with Crippen LogP contribution >= 0.6 is 11.6 Å². The van der Waals surface area contributed by atoms with E-state index in [1.165, 1.54) is 36.8 Å². The predicted octanol–water partition coefficient (Wildman–Crippen LogP) is 3.95. The van der Waals surface area contributed by atoms with Crippen molar-refractivity contribution in [1.29, 1.82) is 0 Å². The summed E-state index contributed by atoms with van der Waals surface area (Å²) in [4.78, 5) is 32.3. The largest absolute Gasteiger partial charge is 0.472 e. The number of carbonyl (C=O) groups excluding carboxylic acids is 2. The molecule has 2 saturated heterocycles. The van der Waals surface area contributed by atoms with Crippen molar-refractivity contribution in [2.75, 3.05) is 33.4 Å². The third-order valence-corrected chi connectivity index (χ3v) is 6.69. The van der Waals surface area contributed by atoms with Crippen LogP contribution in [-0.2, 0) is 15.7 Å². The number of pyridine rings is 1. The van der Waals surface area contributed by atoms with Crippen molar-refractivity contribution in [2.45, 2.75) is 24.7 Å². The van der Waals surface area contributed by atoms with Crippen LogP contribution in [0.1, 0.15) is 22.5 Å². The lowest BCUT2D eigenvalue weighted by molar-refractivity contribution is -0.136. The molecule has 0 radical (unpaired) electrons. The Labute approximate surface area is 201 Å². The first kappa shape index (κ1) is 23.5. The number of hydrogen-bond acceptors (Lipinski definition) is 6. The maximum atomic E-state index is 13.9. The van der Waals surface area contributed by atoms with Gasteiger partial charge in [-0.15, -0.1) is 0 Å². The number of carbonyl (C=O) groups is 2. The maximum Gasteiger partial charge on any atom is 0.420 e. The molecule has 0 aliphatic carbocycles. The number of hydrogen-bond donors (Lipinski definition) is 0. The number of imidazole rings is 1. The zero-order chi connectivity index (χ0) is 24.9. The molecule has 0 saturated carbocycles. The van der Waals surface area contributed by atoms with Crippen molar-refractivity contribution in [3.8, 4) is 11.1 Å². The number of rotatable bonds is 4. The number of piperidine rings is 1. The summed E-state index contributed by atoms with van der Waals surface area (Å²) >= 11 is 6.41. The molecular weight excluding hydrogens is 493 g/mol. The number of alkyl halides is 3. The number of amides is 2. The van der Waals surface area contributed by atoms with E-state index in [0.29, 0.717) is 18.5 Å². The van der Waals surface area contributed by atoms with Gasteiger partial charge in [0.2, 0.25) is 0 Å². The van der Waals surface area contributed by atoms with Crippen molar-refractivity contribution in [3.63, 3.8) is 0 Å². The van der Waals surface area contributed by atoms with Crippen molar-refractivity contribution >= 4 is 29.2 Å². The number of methoxy groups -OCH3 is 1. The van der Waals surface area contributed by atoms with Crippen LogP contribution in [0, 0.1) is 0 Å². The summed E-state index contributed by atoms with van der Waals surface area (Å²) in [5.41, 5.74) is -1.18. The van der Waals surface area contributed by atoms with E-state index in [1.54, 1.807) is 4.90 Å². The highest BCUT2D eigenvalue weighted by molar-refractivity contribution is 6.33. The van der Waals surface area contributed by atoms with Crippen LogP contribution in [0.4, 0.5) is 18.0 Å². The van der Waals surface area contributed by atoms with Gasteiger partial charge in [-0.2, -0.15) is 13.2 Å². The van der Waals surface area contributed by atoms with E-state index in [9.17, 15) is 22.8 Å². The number of fused-ring (bicyclic) bond motifs is 1. The molecule has 2 aliphatic heterocycles. The second-order valence-electron chi connectivity index (χ2n) is 8.29. The first-order valence-corrected chi connectivity index (χ1v) is 11.1. The van der Waals surface area contributed by atoms with Crippen LogP contribution in [0.2, 0.25) is 5.15 Å². The minimum atomic E-state index is -4.74. The SMILES string of the molecule is COC1CN(C(=O)c2nc3c(C(F)(F)F)cc(-c4ccoc4)cn3c2Cl)CCC1N1CCOC1=O. The highest BCUT2D eigenvalue weighted by atomic mass is 35.5. The van der Waals surface area contributed by atoms with Crippen LogP contribution in [0.5, 0.6) is 0 Å². The molecule has 2 unspecified atom stereocenters. The summed E-state index contributed by atoms with van der Waals surface area (Å²) in [5.74, 6) is -0.624. The molecule has 13 heteroatoms. The Balaban J connectivity index is 1.48. The van der Waals surface area contributed by atoms with Gasteiger partial charge in [0.15, 0.2) is 11.3 Å². The third kappa shape index (κ3) is 4.10. The highest BCUT2D eigenvalue weighted by Gasteiger charge is 2.41. The van der Waals surface area contributed by atoms with Crippen LogP contribution in [0.15, 0.2) is 35.3 Å². The average molecular weight is 513 g/mol. The number of aromatic nitrogens is 2. The Hall–Kier alpha value is -3.25. The molecular formula is C22H20ClF3N4O5. The summed E-state index contributed by atoms with van der Waals surface area (Å²) in [6.07, 6.45) is -1.24. The van der Waals surface area contributed by atoms with Gasteiger partial charge in [-0.25, -0.2) is 9.78 Å². The zero-order valence-corrected chi connectivity index (χ0v) is 19.2. The van der Waals surface area contributed by atoms with E-state index < -0.39 is 35.5 Å². The summed E-state index contributed by atoms with van der Waals surface area (Å²) in [6.45, 7) is 1.06. The summed E-state index contributed by atoms with van der Waals surface area (Å²) in [5, 5.41) is -0.236. The first-order chi connectivity index (χ1) is 16.7.